The molecule has 0 aliphatic carbocycles. The summed E-state index contributed by atoms with van der Waals surface area (Å²) in [5.74, 6) is -1.24. The third kappa shape index (κ3) is 7.23. The first-order valence-corrected chi connectivity index (χ1v) is 3.84. The minimum atomic E-state index is -1.05. The van der Waals surface area contributed by atoms with Gasteiger partial charge >= 0.3 is 5.97 Å². The van der Waals surface area contributed by atoms with Crippen LogP contribution in [0.2, 0.25) is 0 Å². The lowest BCUT2D eigenvalue weighted by Gasteiger charge is -2.07. The number of nitrogens with one attached hydrogen (secondary N) is 1. The molecule has 6 nitrogen and oxygen atoms in total. The molecule has 0 heterocycles. The molecular weight excluding hydrogens is 176 g/mol. The maximum Gasteiger partial charge on any atom is 0.320 e. The zero-order valence-corrected chi connectivity index (χ0v) is 7.45. The first kappa shape index (κ1) is 11.9. The van der Waals surface area contributed by atoms with Crippen molar-refractivity contribution in [3.05, 3.63) is 0 Å². The van der Waals surface area contributed by atoms with E-state index < -0.39 is 12.0 Å². The Hall–Kier alpha value is -1.14. The normalized spacial score (nSPS) is 12.2. The Kier molecular flexibility index (Phi) is 5.82. The number of carbonyl (C=O) groups is 2. The van der Waals surface area contributed by atoms with E-state index in [-0.39, 0.29) is 25.7 Å². The fourth-order valence-electron chi connectivity index (χ4n) is 0.559. The Labute approximate surface area is 76.0 Å². The van der Waals surface area contributed by atoms with Gasteiger partial charge in [-0.15, -0.1) is 0 Å². The molecule has 0 fully saturated rings. The molecule has 0 bridgehead atoms. The molecule has 0 saturated heterocycles. The number of ether oxygens (including phenoxy) is 1. The van der Waals surface area contributed by atoms with Crippen LogP contribution in [-0.4, -0.2) is 36.4 Å². The summed E-state index contributed by atoms with van der Waals surface area (Å²) in [4.78, 5) is 20.6. The van der Waals surface area contributed by atoms with Crippen molar-refractivity contribution in [1.82, 2.24) is 5.32 Å². The number of hydrogen-bond donors (Lipinski definition) is 3. The predicted octanol–water partition coefficient (Wildman–Crippen LogP) is -1.10. The highest BCUT2D eigenvalue weighted by molar-refractivity contribution is 5.73. The Morgan fingerprint density at radius 3 is 2.69 bits per heavy atom. The molecule has 0 rings (SSSR count). The van der Waals surface area contributed by atoms with Crippen LogP contribution in [0.15, 0.2) is 0 Å². The summed E-state index contributed by atoms with van der Waals surface area (Å²) in [5.41, 5.74) is 5.19. The van der Waals surface area contributed by atoms with Crippen LogP contribution in [-0.2, 0) is 14.3 Å². The smallest absolute Gasteiger partial charge is 0.320 e. The summed E-state index contributed by atoms with van der Waals surface area (Å²) in [6.07, 6.45) is 0.231. The summed E-state index contributed by atoms with van der Waals surface area (Å²) in [6.45, 7) is 1.67. The summed E-state index contributed by atoms with van der Waals surface area (Å²) < 4.78 is 4.89. The van der Waals surface area contributed by atoms with E-state index in [1.165, 1.54) is 6.92 Å². The minimum absolute atomic E-state index is 0.0850. The van der Waals surface area contributed by atoms with Gasteiger partial charge < -0.3 is 20.9 Å². The molecule has 6 heteroatoms. The van der Waals surface area contributed by atoms with Crippen LogP contribution in [0.25, 0.3) is 0 Å². The maximum absolute atomic E-state index is 10.3. The number of nitrogens with two attached hydrogens (primary N) is 1. The molecular formula is C7H14N2O4. The quantitative estimate of drug-likeness (QED) is 0.364. The van der Waals surface area contributed by atoms with Crippen LogP contribution < -0.4 is 11.1 Å². The zero-order valence-electron chi connectivity index (χ0n) is 7.45. The summed E-state index contributed by atoms with van der Waals surface area (Å²) >= 11 is 0. The van der Waals surface area contributed by atoms with Crippen LogP contribution >= 0.6 is 0 Å². The van der Waals surface area contributed by atoms with Gasteiger partial charge in [-0.25, -0.2) is 0 Å². The molecule has 4 N–H and O–H groups in total. The highest BCUT2D eigenvalue weighted by atomic mass is 16.5. The number of carboxylic acids is 1. The molecule has 0 radical (unpaired) electrons. The molecule has 1 amide bonds. The van der Waals surface area contributed by atoms with Gasteiger partial charge in [0.15, 0.2) is 0 Å². The van der Waals surface area contributed by atoms with Crippen molar-refractivity contribution in [2.45, 2.75) is 19.4 Å². The van der Waals surface area contributed by atoms with Gasteiger partial charge in [-0.2, -0.15) is 0 Å². The fraction of sp³-hybridized carbons (Fsp3) is 0.714. The van der Waals surface area contributed by atoms with Crippen molar-refractivity contribution in [2.24, 2.45) is 5.73 Å². The Morgan fingerprint density at radius 1 is 1.62 bits per heavy atom. The number of carbonyl (C=O) groups excluding carboxylic acids is 1. The van der Waals surface area contributed by atoms with Crippen LogP contribution in [0.4, 0.5) is 0 Å². The molecule has 1 atom stereocenters. The lowest BCUT2D eigenvalue weighted by atomic mass is 10.2. The van der Waals surface area contributed by atoms with Crippen molar-refractivity contribution in [2.75, 3.05) is 13.3 Å². The highest BCUT2D eigenvalue weighted by Gasteiger charge is 2.09. The van der Waals surface area contributed by atoms with Crippen LogP contribution in [0.1, 0.15) is 13.3 Å². The number of aliphatic carboxylic acids is 1. The van der Waals surface area contributed by atoms with Crippen molar-refractivity contribution >= 4 is 11.9 Å². The molecule has 0 aromatic rings. The van der Waals surface area contributed by atoms with E-state index in [2.05, 4.69) is 5.32 Å². The van der Waals surface area contributed by atoms with Crippen LogP contribution in [0.5, 0.6) is 0 Å². The molecule has 0 spiro atoms. The van der Waals surface area contributed by atoms with Crippen molar-refractivity contribution in [1.29, 1.82) is 0 Å². The van der Waals surface area contributed by atoms with Crippen LogP contribution in [0, 0.1) is 0 Å². The van der Waals surface area contributed by atoms with Crippen molar-refractivity contribution < 1.29 is 19.4 Å². The number of rotatable bonds is 6. The second-order valence-corrected chi connectivity index (χ2v) is 2.52. The maximum atomic E-state index is 10.3. The third-order valence-electron chi connectivity index (χ3n) is 1.31. The van der Waals surface area contributed by atoms with Crippen molar-refractivity contribution in [3.8, 4) is 0 Å². The van der Waals surface area contributed by atoms with Gasteiger partial charge in [0.1, 0.15) is 12.8 Å². The van der Waals surface area contributed by atoms with E-state index in [0.29, 0.717) is 0 Å². The zero-order chi connectivity index (χ0) is 10.3. The van der Waals surface area contributed by atoms with Crippen LogP contribution in [0.3, 0.4) is 0 Å². The molecule has 0 aromatic heterocycles. The van der Waals surface area contributed by atoms with E-state index in [9.17, 15) is 9.59 Å². The summed E-state index contributed by atoms with van der Waals surface area (Å²) in [7, 11) is 0. The number of carboxylic acid groups (broad SMARTS) is 1. The summed E-state index contributed by atoms with van der Waals surface area (Å²) in [6, 6.07) is -0.905. The van der Waals surface area contributed by atoms with Gasteiger partial charge in [-0.05, 0) is 6.42 Å². The average Bonchev–Trinajstić information content (AvgIpc) is 2.02. The van der Waals surface area contributed by atoms with Gasteiger partial charge in [-0.1, -0.05) is 0 Å². The molecule has 0 aliphatic heterocycles. The molecule has 0 aromatic carbocycles. The standard InChI is InChI=1S/C7H14N2O4/c1-5(10)9-4-13-3-2-6(8)7(11)12/h6H,2-4,8H2,1H3,(H,9,10)(H,11,12)/t6-/m0/s1. The second kappa shape index (κ2) is 6.38. The van der Waals surface area contributed by atoms with E-state index in [4.69, 9.17) is 15.6 Å². The van der Waals surface area contributed by atoms with Gasteiger partial charge in [0.25, 0.3) is 0 Å². The van der Waals surface area contributed by atoms with Crippen molar-refractivity contribution in [3.63, 3.8) is 0 Å². The SMILES string of the molecule is CC(=O)NCOCC[C@H](N)C(=O)O. The van der Waals surface area contributed by atoms with E-state index in [0.717, 1.165) is 0 Å². The average molecular weight is 190 g/mol. The molecule has 13 heavy (non-hydrogen) atoms. The van der Waals surface area contributed by atoms with E-state index in [1.807, 2.05) is 0 Å². The molecule has 76 valence electrons. The van der Waals surface area contributed by atoms with E-state index in [1.54, 1.807) is 0 Å². The molecule has 0 unspecified atom stereocenters. The summed E-state index contributed by atoms with van der Waals surface area (Å²) in [5, 5.41) is 10.8. The predicted molar refractivity (Wildman–Crippen MR) is 44.9 cm³/mol. The monoisotopic (exact) mass is 190 g/mol. The first-order valence-electron chi connectivity index (χ1n) is 3.84. The second-order valence-electron chi connectivity index (χ2n) is 2.52. The topological polar surface area (TPSA) is 102 Å². The number of hydrogen-bond acceptors (Lipinski definition) is 4. The van der Waals surface area contributed by atoms with Gasteiger partial charge in [0.2, 0.25) is 5.91 Å². The van der Waals surface area contributed by atoms with E-state index >= 15 is 0 Å². The Morgan fingerprint density at radius 2 is 2.23 bits per heavy atom. The number of amides is 1. The largest absolute Gasteiger partial charge is 0.480 e. The highest BCUT2D eigenvalue weighted by Crippen LogP contribution is 1.88. The third-order valence-corrected chi connectivity index (χ3v) is 1.31. The molecule has 0 saturated carbocycles. The fourth-order valence-corrected chi connectivity index (χ4v) is 0.559. The van der Waals surface area contributed by atoms with Gasteiger partial charge in [0, 0.05) is 6.92 Å². The first-order chi connectivity index (χ1) is 6.04. The minimum Gasteiger partial charge on any atom is -0.480 e. The Bertz CT molecular complexity index is 183. The lowest BCUT2D eigenvalue weighted by Crippen LogP contribution is -2.32. The lowest BCUT2D eigenvalue weighted by molar-refractivity contribution is -0.139. The Balaban J connectivity index is 3.26. The van der Waals surface area contributed by atoms with Gasteiger partial charge in [-0.3, -0.25) is 9.59 Å². The van der Waals surface area contributed by atoms with Gasteiger partial charge in [0.05, 0.1) is 6.61 Å². The molecule has 0 aliphatic rings.